The van der Waals surface area contributed by atoms with Gasteiger partial charge in [0.25, 0.3) is 0 Å². The summed E-state index contributed by atoms with van der Waals surface area (Å²) in [5.41, 5.74) is 7.86. The van der Waals surface area contributed by atoms with E-state index < -0.39 is 0 Å². The maximum Gasteiger partial charge on any atom is 0.0659 e. The number of nitrogens with one attached hydrogen (secondary N) is 2. The van der Waals surface area contributed by atoms with Crippen LogP contribution in [0.4, 0.5) is 0 Å². The van der Waals surface area contributed by atoms with Crippen LogP contribution in [0.2, 0.25) is 0 Å². The van der Waals surface area contributed by atoms with Gasteiger partial charge in [0.2, 0.25) is 0 Å². The molecular weight excluding hydrogens is 643 g/mol. The second-order valence-electron chi connectivity index (χ2n) is 10.2. The van der Waals surface area contributed by atoms with Gasteiger partial charge < -0.3 is 9.97 Å². The Morgan fingerprint density at radius 2 is 0.592 bits per heavy atom. The minimum atomic E-state index is 0. The standard InChI is InChI=1S/C20H14N4.4C6H5.Co/c1-2-14-10-16-5-6-18(23-16)12-20-8-7-19(24-20)11-17-4-3-15(22-17)9-13(1)21-14;4*1-2-4-6-5-3-1;/h1-12,21-22H;4*1-5H;/q;4*-1;. The van der Waals surface area contributed by atoms with E-state index >= 15 is 0 Å². The average molecular weight is 678 g/mol. The molecule has 0 fully saturated rings. The smallest absolute Gasteiger partial charge is 0.0659 e. The fraction of sp³-hybridized carbons (Fsp3) is 0. The molecule has 0 unspecified atom stereocenters. The van der Waals surface area contributed by atoms with Crippen LogP contribution in [-0.4, -0.2) is 19.9 Å². The Kier molecular flexibility index (Phi) is 15.3. The second kappa shape index (κ2) is 21.0. The first kappa shape index (κ1) is 35.8. The van der Waals surface area contributed by atoms with Crippen LogP contribution < -0.4 is 0 Å². The summed E-state index contributed by atoms with van der Waals surface area (Å²) >= 11 is 0. The van der Waals surface area contributed by atoms with E-state index in [-0.39, 0.29) is 16.8 Å². The molecule has 3 aromatic heterocycles. The third-order valence-corrected chi connectivity index (χ3v) is 6.47. The number of hydrogen-bond acceptors (Lipinski definition) is 2. The molecule has 243 valence electrons. The fourth-order valence-electron chi connectivity index (χ4n) is 4.31. The minimum Gasteiger partial charge on any atom is -0.355 e. The number of H-pyrrole nitrogens is 2. The van der Waals surface area contributed by atoms with Crippen molar-refractivity contribution in [3.05, 3.63) is 217 Å². The molecular formula is C44H34CoN4-4. The van der Waals surface area contributed by atoms with Gasteiger partial charge in [-0.2, -0.15) is 146 Å². The van der Waals surface area contributed by atoms with Crippen LogP contribution in [0.1, 0.15) is 22.8 Å². The summed E-state index contributed by atoms with van der Waals surface area (Å²) in [5.74, 6) is 0. The number of rotatable bonds is 0. The zero-order valence-corrected chi connectivity index (χ0v) is 27.7. The van der Waals surface area contributed by atoms with E-state index in [1.165, 1.54) is 0 Å². The van der Waals surface area contributed by atoms with Crippen LogP contribution in [0.3, 0.4) is 0 Å². The molecule has 4 nitrogen and oxygen atoms in total. The normalized spacial score (nSPS) is 10.1. The van der Waals surface area contributed by atoms with Gasteiger partial charge in [-0.05, 0) is 72.8 Å². The molecule has 0 spiro atoms. The average Bonchev–Trinajstić information content (AvgIpc) is 4.00. The molecule has 9 rings (SSSR count). The van der Waals surface area contributed by atoms with Crippen LogP contribution in [0, 0.1) is 24.3 Å². The van der Waals surface area contributed by atoms with Crippen LogP contribution in [0.25, 0.3) is 46.4 Å². The summed E-state index contributed by atoms with van der Waals surface area (Å²) in [4.78, 5) is 16.0. The number of hydrogen-bond donors (Lipinski definition) is 2. The van der Waals surface area contributed by atoms with Gasteiger partial charge >= 0.3 is 0 Å². The molecule has 7 aromatic rings. The maximum atomic E-state index is 4.62. The molecule has 5 heteroatoms. The number of fused-ring (bicyclic) bond motifs is 8. The van der Waals surface area contributed by atoms with Gasteiger partial charge in [0.15, 0.2) is 0 Å². The summed E-state index contributed by atoms with van der Waals surface area (Å²) in [7, 11) is 0. The van der Waals surface area contributed by atoms with Crippen molar-refractivity contribution in [2.24, 2.45) is 0 Å². The maximum absolute atomic E-state index is 4.62. The number of nitrogens with zero attached hydrogens (tertiary/aromatic N) is 2. The van der Waals surface area contributed by atoms with Gasteiger partial charge in [0.1, 0.15) is 0 Å². The molecule has 0 amide bonds. The predicted molar refractivity (Wildman–Crippen MR) is 200 cm³/mol. The van der Waals surface area contributed by atoms with Crippen molar-refractivity contribution in [3.63, 3.8) is 0 Å². The molecule has 49 heavy (non-hydrogen) atoms. The van der Waals surface area contributed by atoms with Gasteiger partial charge in [-0.15, -0.1) is 0 Å². The Balaban J connectivity index is 0.000000175. The summed E-state index contributed by atoms with van der Waals surface area (Å²) < 4.78 is 0. The van der Waals surface area contributed by atoms with E-state index in [2.05, 4.69) is 74.5 Å². The molecule has 2 aliphatic rings. The van der Waals surface area contributed by atoms with E-state index in [0.29, 0.717) is 0 Å². The Hall–Kier alpha value is -6.01. The zero-order valence-electron chi connectivity index (χ0n) is 26.7. The third-order valence-electron chi connectivity index (χ3n) is 6.47. The van der Waals surface area contributed by atoms with E-state index in [4.69, 9.17) is 0 Å². The van der Waals surface area contributed by atoms with Crippen molar-refractivity contribution in [3.8, 4) is 0 Å². The largest absolute Gasteiger partial charge is 0.355 e. The molecule has 4 aromatic carbocycles. The van der Waals surface area contributed by atoms with Crippen LogP contribution in [-0.2, 0) is 16.8 Å². The molecule has 2 aliphatic heterocycles. The number of aromatic nitrogens is 4. The molecule has 2 N–H and O–H groups in total. The third kappa shape index (κ3) is 13.7. The minimum absolute atomic E-state index is 0. The predicted octanol–water partition coefficient (Wildman–Crippen LogP) is 10.6. The summed E-state index contributed by atoms with van der Waals surface area (Å²) in [6.45, 7) is 0. The zero-order chi connectivity index (χ0) is 32.9. The molecule has 8 bridgehead atoms. The van der Waals surface area contributed by atoms with Crippen molar-refractivity contribution < 1.29 is 16.8 Å². The molecule has 0 saturated carbocycles. The molecule has 0 atom stereocenters. The van der Waals surface area contributed by atoms with Crippen molar-refractivity contribution >= 4 is 46.4 Å². The monoisotopic (exact) mass is 677 g/mol. The number of aromatic amines is 2. The molecule has 0 aliphatic carbocycles. The van der Waals surface area contributed by atoms with Gasteiger partial charge in [0.05, 0.1) is 22.8 Å². The summed E-state index contributed by atoms with van der Waals surface area (Å²) in [6, 6.07) is 66.4. The van der Waals surface area contributed by atoms with E-state index in [0.717, 1.165) is 44.8 Å². The van der Waals surface area contributed by atoms with Crippen LogP contribution >= 0.6 is 0 Å². The Morgan fingerprint density at radius 1 is 0.327 bits per heavy atom. The van der Waals surface area contributed by atoms with Crippen molar-refractivity contribution in [1.29, 1.82) is 0 Å². The Labute approximate surface area is 298 Å². The first-order valence-electron chi connectivity index (χ1n) is 15.5. The Morgan fingerprint density at radius 3 is 0.837 bits per heavy atom. The fourth-order valence-corrected chi connectivity index (χ4v) is 4.31. The van der Waals surface area contributed by atoms with Gasteiger partial charge in [-0.25, -0.2) is 9.97 Å². The first-order valence-corrected chi connectivity index (χ1v) is 15.5. The SMILES string of the molecule is C1=Cc2cc3ccc(cc4ccc(cc5nc(cc1n2)C=C5)[nH]4)[nH]3.[Co].[c-]1ccccc1.[c-]1ccccc1.[c-]1ccccc1.[c-]1ccccc1. The summed E-state index contributed by atoms with van der Waals surface area (Å²) in [6.07, 6.45) is 8.05. The molecule has 1 radical (unpaired) electrons. The summed E-state index contributed by atoms with van der Waals surface area (Å²) in [5, 5.41) is 0. The Bertz CT molecular complexity index is 1800. The topological polar surface area (TPSA) is 57.4 Å². The van der Waals surface area contributed by atoms with Gasteiger partial charge in [-0.1, -0.05) is 0 Å². The van der Waals surface area contributed by atoms with Gasteiger partial charge in [0, 0.05) is 38.8 Å². The van der Waals surface area contributed by atoms with E-state index in [1.807, 2.05) is 164 Å². The number of benzene rings is 4. The first-order chi connectivity index (χ1) is 23.8. The van der Waals surface area contributed by atoms with E-state index in [1.54, 1.807) is 0 Å². The van der Waals surface area contributed by atoms with Gasteiger partial charge in [-0.3, -0.25) is 0 Å². The van der Waals surface area contributed by atoms with E-state index in [9.17, 15) is 0 Å². The molecule has 5 heterocycles. The molecule has 0 saturated heterocycles. The van der Waals surface area contributed by atoms with Crippen molar-refractivity contribution in [2.45, 2.75) is 0 Å². The van der Waals surface area contributed by atoms with Crippen LogP contribution in [0.5, 0.6) is 0 Å². The van der Waals surface area contributed by atoms with Crippen LogP contribution in [0.15, 0.2) is 170 Å². The second-order valence-corrected chi connectivity index (χ2v) is 10.2. The van der Waals surface area contributed by atoms with Crippen molar-refractivity contribution in [2.75, 3.05) is 0 Å². The quantitative estimate of drug-likeness (QED) is 0.157. The van der Waals surface area contributed by atoms with Crippen molar-refractivity contribution in [1.82, 2.24) is 19.9 Å².